The van der Waals surface area contributed by atoms with E-state index in [2.05, 4.69) is 30.9 Å². The van der Waals surface area contributed by atoms with Crippen LogP contribution in [-0.4, -0.2) is 45.2 Å². The molecule has 12 heteroatoms. The zero-order chi connectivity index (χ0) is 21.3. The predicted molar refractivity (Wildman–Crippen MR) is 108 cm³/mol. The van der Waals surface area contributed by atoms with Gasteiger partial charge in [0.15, 0.2) is 11.2 Å². The Balaban J connectivity index is 1.42. The minimum Gasteiger partial charge on any atom is -0.326 e. The lowest BCUT2D eigenvalue weighted by Crippen LogP contribution is -2.37. The molecular weight excluding hydrogens is 390 g/mol. The average molecular weight is 409 g/mol. The highest BCUT2D eigenvalue weighted by Gasteiger charge is 2.14. The van der Waals surface area contributed by atoms with E-state index in [0.717, 1.165) is 10.1 Å². The van der Waals surface area contributed by atoms with Crippen molar-refractivity contribution in [2.45, 2.75) is 19.4 Å². The number of hydrogen-bond acceptors (Lipinski definition) is 7. The number of carbonyl (C=O) groups excluding carboxylic acids is 1. The minimum absolute atomic E-state index is 0.162. The zero-order valence-electron chi connectivity index (χ0n) is 16.4. The molecule has 0 aliphatic carbocycles. The number of amides is 1. The third kappa shape index (κ3) is 3.50. The molecule has 12 nitrogen and oxygen atoms in total. The Kier molecular flexibility index (Phi) is 4.96. The Labute approximate surface area is 169 Å². The normalized spacial score (nSPS) is 11.1. The number of carbonyl (C=O) groups is 1. The second-order valence-electron chi connectivity index (χ2n) is 6.78. The number of aromatic amines is 1. The predicted octanol–water partition coefficient (Wildman–Crippen LogP) is 0.0327. The molecule has 3 heterocycles. The summed E-state index contributed by atoms with van der Waals surface area (Å²) < 4.78 is 4.04. The van der Waals surface area contributed by atoms with E-state index in [9.17, 15) is 14.4 Å². The Morgan fingerprint density at radius 2 is 2.03 bits per heavy atom. The summed E-state index contributed by atoms with van der Waals surface area (Å²) in [5.74, 6) is 0.277. The van der Waals surface area contributed by atoms with Crippen LogP contribution in [0.4, 0.5) is 5.69 Å². The van der Waals surface area contributed by atoms with Crippen LogP contribution in [0.25, 0.3) is 22.6 Å². The third-order valence-corrected chi connectivity index (χ3v) is 4.77. The fraction of sp³-hybridized carbons (Fsp3) is 0.278. The summed E-state index contributed by atoms with van der Waals surface area (Å²) in [6.45, 7) is 0.417. The molecule has 0 unspecified atom stereocenters. The second-order valence-corrected chi connectivity index (χ2v) is 6.78. The Morgan fingerprint density at radius 3 is 2.80 bits per heavy atom. The monoisotopic (exact) mass is 409 g/mol. The van der Waals surface area contributed by atoms with Crippen LogP contribution in [0.5, 0.6) is 0 Å². The van der Waals surface area contributed by atoms with Crippen molar-refractivity contribution in [1.82, 2.24) is 39.3 Å². The van der Waals surface area contributed by atoms with E-state index >= 15 is 0 Å². The van der Waals surface area contributed by atoms with Gasteiger partial charge in [-0.05, 0) is 23.8 Å². The van der Waals surface area contributed by atoms with Gasteiger partial charge >= 0.3 is 5.69 Å². The fourth-order valence-electron chi connectivity index (χ4n) is 3.22. The minimum atomic E-state index is -0.430. The molecule has 0 saturated heterocycles. The van der Waals surface area contributed by atoms with Gasteiger partial charge in [-0.15, -0.1) is 10.2 Å². The topological polar surface area (TPSA) is 145 Å². The number of aryl methyl sites for hydroxylation is 2. The van der Waals surface area contributed by atoms with Crippen LogP contribution in [-0.2, 0) is 25.4 Å². The summed E-state index contributed by atoms with van der Waals surface area (Å²) in [5.41, 5.74) is 1.18. The first-order chi connectivity index (χ1) is 14.5. The summed E-state index contributed by atoms with van der Waals surface area (Å²) >= 11 is 0. The van der Waals surface area contributed by atoms with Gasteiger partial charge in [0.1, 0.15) is 0 Å². The fourth-order valence-corrected chi connectivity index (χ4v) is 3.22. The number of hydrogen-bond donors (Lipinski definition) is 2. The lowest BCUT2D eigenvalue weighted by atomic mass is 10.2. The van der Waals surface area contributed by atoms with Crippen LogP contribution in [0, 0.1) is 0 Å². The molecule has 3 aromatic heterocycles. The van der Waals surface area contributed by atoms with Gasteiger partial charge in [-0.3, -0.25) is 18.7 Å². The molecule has 4 rings (SSSR count). The van der Waals surface area contributed by atoms with Crippen LogP contribution in [0.15, 0.2) is 40.2 Å². The van der Waals surface area contributed by atoms with Crippen LogP contribution < -0.4 is 16.6 Å². The van der Waals surface area contributed by atoms with Gasteiger partial charge in [0.05, 0.1) is 6.33 Å². The first kappa shape index (κ1) is 19.2. The number of anilines is 1. The van der Waals surface area contributed by atoms with Gasteiger partial charge in [-0.2, -0.15) is 5.21 Å². The maximum Gasteiger partial charge on any atom is 0.332 e. The molecular formula is C18H19N9O3. The number of aromatic nitrogens is 8. The lowest BCUT2D eigenvalue weighted by molar-refractivity contribution is -0.116. The quantitative estimate of drug-likeness (QED) is 0.457. The molecule has 2 N–H and O–H groups in total. The smallest absolute Gasteiger partial charge is 0.326 e. The molecule has 0 spiro atoms. The zero-order valence-corrected chi connectivity index (χ0v) is 16.4. The van der Waals surface area contributed by atoms with E-state index in [1.807, 2.05) is 6.07 Å². The number of nitrogens with zero attached hydrogens (tertiary/aromatic N) is 7. The van der Waals surface area contributed by atoms with E-state index in [1.165, 1.54) is 17.9 Å². The van der Waals surface area contributed by atoms with E-state index in [1.54, 1.807) is 29.8 Å². The summed E-state index contributed by atoms with van der Waals surface area (Å²) in [7, 11) is 3.00. The van der Waals surface area contributed by atoms with Crippen molar-refractivity contribution >= 4 is 22.8 Å². The number of benzene rings is 1. The number of tetrazole rings is 1. The van der Waals surface area contributed by atoms with Gasteiger partial charge < -0.3 is 9.88 Å². The SMILES string of the molecule is Cn1c(=O)c2c(ncn2CCCC(=O)Nc2cccc(-c3nn[nH]n3)c2)n(C)c1=O. The van der Waals surface area contributed by atoms with Crippen molar-refractivity contribution in [1.29, 1.82) is 0 Å². The van der Waals surface area contributed by atoms with E-state index in [4.69, 9.17) is 0 Å². The van der Waals surface area contributed by atoms with Gasteiger partial charge in [0.2, 0.25) is 11.7 Å². The molecule has 4 aromatic rings. The Morgan fingerprint density at radius 1 is 1.20 bits per heavy atom. The largest absolute Gasteiger partial charge is 0.332 e. The summed E-state index contributed by atoms with van der Waals surface area (Å²) in [6, 6.07) is 7.14. The number of nitrogens with one attached hydrogen (secondary N) is 2. The molecule has 0 aliphatic heterocycles. The van der Waals surface area contributed by atoms with Crippen molar-refractivity contribution < 1.29 is 4.79 Å². The second kappa shape index (κ2) is 7.73. The molecule has 0 fully saturated rings. The Hall–Kier alpha value is -4.09. The van der Waals surface area contributed by atoms with Crippen LogP contribution in [0.3, 0.4) is 0 Å². The highest BCUT2D eigenvalue weighted by atomic mass is 16.2. The van der Waals surface area contributed by atoms with E-state index in [0.29, 0.717) is 35.6 Å². The summed E-state index contributed by atoms with van der Waals surface area (Å²) in [5, 5.41) is 16.6. The van der Waals surface area contributed by atoms with Crippen LogP contribution in [0.2, 0.25) is 0 Å². The maximum absolute atomic E-state index is 12.4. The van der Waals surface area contributed by atoms with Crippen molar-refractivity contribution in [2.75, 3.05) is 5.32 Å². The molecule has 1 aromatic carbocycles. The lowest BCUT2D eigenvalue weighted by Gasteiger charge is -2.08. The molecule has 0 aliphatic rings. The molecule has 0 saturated carbocycles. The molecule has 0 radical (unpaired) electrons. The molecule has 154 valence electrons. The molecule has 30 heavy (non-hydrogen) atoms. The third-order valence-electron chi connectivity index (χ3n) is 4.77. The van der Waals surface area contributed by atoms with E-state index in [-0.39, 0.29) is 12.3 Å². The number of H-pyrrole nitrogens is 1. The van der Waals surface area contributed by atoms with Crippen molar-refractivity contribution in [3.8, 4) is 11.4 Å². The maximum atomic E-state index is 12.4. The van der Waals surface area contributed by atoms with Gasteiger partial charge in [0.25, 0.3) is 5.56 Å². The molecule has 1 amide bonds. The van der Waals surface area contributed by atoms with Crippen molar-refractivity contribution in [3.63, 3.8) is 0 Å². The summed E-state index contributed by atoms with van der Waals surface area (Å²) in [6.07, 6.45) is 2.25. The van der Waals surface area contributed by atoms with Gasteiger partial charge in [0, 0.05) is 38.3 Å². The van der Waals surface area contributed by atoms with Crippen molar-refractivity contribution in [3.05, 3.63) is 51.4 Å². The van der Waals surface area contributed by atoms with E-state index < -0.39 is 11.2 Å². The molecule has 0 atom stereocenters. The van der Waals surface area contributed by atoms with Crippen molar-refractivity contribution in [2.24, 2.45) is 14.1 Å². The van der Waals surface area contributed by atoms with Crippen LogP contribution >= 0.6 is 0 Å². The van der Waals surface area contributed by atoms with Gasteiger partial charge in [-0.1, -0.05) is 12.1 Å². The highest BCUT2D eigenvalue weighted by molar-refractivity contribution is 5.91. The first-order valence-electron chi connectivity index (χ1n) is 9.20. The highest BCUT2D eigenvalue weighted by Crippen LogP contribution is 2.18. The number of imidazole rings is 1. The first-order valence-corrected chi connectivity index (χ1v) is 9.20. The number of fused-ring (bicyclic) bond motifs is 1. The Bertz CT molecular complexity index is 1330. The number of rotatable bonds is 6. The van der Waals surface area contributed by atoms with Gasteiger partial charge in [-0.25, -0.2) is 9.78 Å². The average Bonchev–Trinajstić information content (AvgIpc) is 3.41. The molecule has 0 bridgehead atoms. The van der Waals surface area contributed by atoms with Crippen LogP contribution in [0.1, 0.15) is 12.8 Å². The standard InChI is InChI=1S/C18H19N9O3/c1-25-16-14(17(29)26(2)18(25)30)27(10-19-16)8-4-7-13(28)20-12-6-3-5-11(9-12)15-21-23-24-22-15/h3,5-6,9-10H,4,7-8H2,1-2H3,(H,20,28)(H,21,22,23,24). The summed E-state index contributed by atoms with van der Waals surface area (Å²) in [4.78, 5) is 40.9.